The van der Waals surface area contributed by atoms with E-state index in [2.05, 4.69) is 43.5 Å². The number of rotatable bonds is 53. The number of amides is 1. The minimum atomic E-state index is -1.61. The van der Waals surface area contributed by atoms with Crippen LogP contribution in [0.5, 0.6) is 0 Å². The lowest BCUT2D eigenvalue weighted by molar-refractivity contribution is -0.302. The molecule has 0 radical (unpaired) electrons. The first-order valence-electron chi connectivity index (χ1n) is 30.8. The third kappa shape index (κ3) is 39.7. The molecule has 0 saturated carbocycles. The van der Waals surface area contributed by atoms with Gasteiger partial charge in [0.05, 0.1) is 25.4 Å². The van der Waals surface area contributed by atoms with Crippen molar-refractivity contribution in [2.75, 3.05) is 13.2 Å². The summed E-state index contributed by atoms with van der Waals surface area (Å²) in [7, 11) is 0. The van der Waals surface area contributed by atoms with Crippen molar-refractivity contribution in [3.63, 3.8) is 0 Å². The average Bonchev–Trinajstić information content (AvgIpc) is 3.38. The van der Waals surface area contributed by atoms with Crippen LogP contribution in [0.2, 0.25) is 0 Å². The van der Waals surface area contributed by atoms with Gasteiger partial charge in [0.2, 0.25) is 5.91 Å². The third-order valence-corrected chi connectivity index (χ3v) is 14.8. The van der Waals surface area contributed by atoms with Gasteiger partial charge in [0, 0.05) is 0 Å². The van der Waals surface area contributed by atoms with Crippen molar-refractivity contribution in [1.29, 1.82) is 0 Å². The van der Waals surface area contributed by atoms with Gasteiger partial charge in [-0.25, -0.2) is 0 Å². The van der Waals surface area contributed by atoms with E-state index in [0.717, 1.165) is 51.4 Å². The van der Waals surface area contributed by atoms with Gasteiger partial charge in [0.15, 0.2) is 6.29 Å². The van der Waals surface area contributed by atoms with Gasteiger partial charge in [0.1, 0.15) is 30.5 Å². The van der Waals surface area contributed by atoms with Crippen LogP contribution in [0.25, 0.3) is 0 Å². The Morgan fingerprint density at radius 2 is 0.847 bits per heavy atom. The Hall–Kier alpha value is -1.63. The zero-order chi connectivity index (χ0) is 52.4. The Morgan fingerprint density at radius 3 is 1.24 bits per heavy atom. The van der Waals surface area contributed by atoms with Crippen LogP contribution < -0.4 is 5.32 Å². The zero-order valence-electron chi connectivity index (χ0n) is 46.8. The summed E-state index contributed by atoms with van der Waals surface area (Å²) in [5.41, 5.74) is 0. The van der Waals surface area contributed by atoms with Crippen molar-refractivity contribution in [1.82, 2.24) is 5.32 Å². The topological polar surface area (TPSA) is 169 Å². The minimum Gasteiger partial charge on any atom is -0.394 e. The van der Waals surface area contributed by atoms with Gasteiger partial charge < -0.3 is 45.4 Å². The summed E-state index contributed by atoms with van der Waals surface area (Å²) in [5.74, 6) is -0.613. The van der Waals surface area contributed by atoms with E-state index in [0.29, 0.717) is 6.42 Å². The monoisotopic (exact) mass is 1020 g/mol. The molecule has 0 aliphatic carbocycles. The first-order chi connectivity index (χ1) is 35.3. The van der Waals surface area contributed by atoms with Crippen molar-refractivity contribution < 1.29 is 44.9 Å². The maximum Gasteiger partial charge on any atom is 0.249 e. The molecule has 1 rings (SSSR count). The molecule has 0 aromatic heterocycles. The maximum absolute atomic E-state index is 13.1. The normalized spacial score (nSPS) is 19.8. The lowest BCUT2D eigenvalue weighted by Crippen LogP contribution is -2.60. The SMILES string of the molecule is CCCCCCCCCCC/C=C\C/C=C\CCCCCCCCCCCCCCCCC(O)C(=O)NC(COC1OC(CO)C(O)C(O)C1O)C(O)/C=C/CCCCCCCCCCCCCCCCC. The minimum absolute atomic E-state index is 0.304. The molecule has 0 aromatic rings. The molecule has 10 heteroatoms. The highest BCUT2D eigenvalue weighted by molar-refractivity contribution is 5.80. The number of allylic oxidation sites excluding steroid dienone is 5. The summed E-state index contributed by atoms with van der Waals surface area (Å²) >= 11 is 0. The van der Waals surface area contributed by atoms with Crippen molar-refractivity contribution in [3.8, 4) is 0 Å². The van der Waals surface area contributed by atoms with Crippen LogP contribution in [0, 0.1) is 0 Å². The molecule has 8 unspecified atom stereocenters. The van der Waals surface area contributed by atoms with Crippen LogP contribution in [-0.4, -0.2) is 98.7 Å². The quantitative estimate of drug-likeness (QED) is 0.0232. The molecule has 1 aliphatic rings. The number of aliphatic hydroxyl groups is 6. The predicted octanol–water partition coefficient (Wildman–Crippen LogP) is 14.5. The lowest BCUT2D eigenvalue weighted by atomic mass is 9.99. The highest BCUT2D eigenvalue weighted by Crippen LogP contribution is 2.23. The molecular formula is C62H117NO9. The molecule has 7 N–H and O–H groups in total. The van der Waals surface area contributed by atoms with Gasteiger partial charge in [-0.15, -0.1) is 0 Å². The predicted molar refractivity (Wildman–Crippen MR) is 301 cm³/mol. The largest absolute Gasteiger partial charge is 0.394 e. The number of aliphatic hydroxyl groups excluding tert-OH is 6. The molecule has 1 amide bonds. The molecular weight excluding hydrogens is 903 g/mol. The second kappa shape index (κ2) is 51.5. The molecule has 10 nitrogen and oxygen atoms in total. The van der Waals surface area contributed by atoms with E-state index in [1.54, 1.807) is 6.08 Å². The molecule has 1 saturated heterocycles. The first-order valence-corrected chi connectivity index (χ1v) is 30.8. The molecule has 8 atom stereocenters. The summed E-state index contributed by atoms with van der Waals surface area (Å²) in [5, 5.41) is 65.1. The number of ether oxygens (including phenoxy) is 2. The van der Waals surface area contributed by atoms with Gasteiger partial charge in [-0.2, -0.15) is 0 Å². The average molecular weight is 1020 g/mol. The van der Waals surface area contributed by atoms with Crippen molar-refractivity contribution >= 4 is 5.91 Å². The summed E-state index contributed by atoms with van der Waals surface area (Å²) in [6.07, 6.45) is 56.8. The van der Waals surface area contributed by atoms with E-state index < -0.39 is 61.5 Å². The Morgan fingerprint density at radius 1 is 0.486 bits per heavy atom. The van der Waals surface area contributed by atoms with Gasteiger partial charge in [-0.3, -0.25) is 4.79 Å². The first kappa shape index (κ1) is 68.4. The molecule has 1 fully saturated rings. The number of hydrogen-bond acceptors (Lipinski definition) is 9. The van der Waals surface area contributed by atoms with E-state index in [-0.39, 0.29) is 6.61 Å². The van der Waals surface area contributed by atoms with Gasteiger partial charge in [-0.05, 0) is 51.4 Å². The smallest absolute Gasteiger partial charge is 0.249 e. The van der Waals surface area contributed by atoms with Crippen LogP contribution in [0.4, 0.5) is 0 Å². The van der Waals surface area contributed by atoms with Gasteiger partial charge in [0.25, 0.3) is 0 Å². The number of carbonyl (C=O) groups excluding carboxylic acids is 1. The van der Waals surface area contributed by atoms with Crippen LogP contribution in [0.1, 0.15) is 290 Å². The number of unbranched alkanes of at least 4 members (excludes halogenated alkanes) is 38. The molecule has 0 bridgehead atoms. The van der Waals surface area contributed by atoms with Crippen LogP contribution in [-0.2, 0) is 14.3 Å². The van der Waals surface area contributed by atoms with E-state index >= 15 is 0 Å². The number of hydrogen-bond donors (Lipinski definition) is 7. The highest BCUT2D eigenvalue weighted by atomic mass is 16.7. The second-order valence-electron chi connectivity index (χ2n) is 21.6. The summed E-state index contributed by atoms with van der Waals surface area (Å²) in [4.78, 5) is 13.1. The Balaban J connectivity index is 2.20. The van der Waals surface area contributed by atoms with Crippen molar-refractivity contribution in [2.24, 2.45) is 0 Å². The van der Waals surface area contributed by atoms with E-state index in [4.69, 9.17) is 9.47 Å². The lowest BCUT2D eigenvalue weighted by Gasteiger charge is -2.40. The summed E-state index contributed by atoms with van der Waals surface area (Å²) in [6, 6.07) is -0.980. The van der Waals surface area contributed by atoms with Crippen LogP contribution >= 0.6 is 0 Å². The van der Waals surface area contributed by atoms with Crippen LogP contribution in [0.3, 0.4) is 0 Å². The Bertz CT molecular complexity index is 1240. The number of nitrogens with one attached hydrogen (secondary N) is 1. The van der Waals surface area contributed by atoms with E-state index in [1.165, 1.54) is 218 Å². The highest BCUT2D eigenvalue weighted by Gasteiger charge is 2.44. The fourth-order valence-electron chi connectivity index (χ4n) is 9.84. The summed E-state index contributed by atoms with van der Waals surface area (Å²) in [6.45, 7) is 3.65. The van der Waals surface area contributed by atoms with Gasteiger partial charge in [-0.1, -0.05) is 275 Å². The Labute approximate surface area is 443 Å². The van der Waals surface area contributed by atoms with E-state index in [9.17, 15) is 35.4 Å². The fourth-order valence-corrected chi connectivity index (χ4v) is 9.84. The molecule has 0 aromatic carbocycles. The van der Waals surface area contributed by atoms with Crippen molar-refractivity contribution in [2.45, 2.75) is 339 Å². The maximum atomic E-state index is 13.1. The second-order valence-corrected chi connectivity index (χ2v) is 21.6. The van der Waals surface area contributed by atoms with E-state index in [1.807, 2.05) is 6.08 Å². The number of carbonyl (C=O) groups is 1. The molecule has 0 spiro atoms. The van der Waals surface area contributed by atoms with Crippen LogP contribution in [0.15, 0.2) is 36.5 Å². The molecule has 1 aliphatic heterocycles. The van der Waals surface area contributed by atoms with Crippen molar-refractivity contribution in [3.05, 3.63) is 36.5 Å². The Kier molecular flexibility index (Phi) is 48.9. The van der Waals surface area contributed by atoms with Gasteiger partial charge >= 0.3 is 0 Å². The molecule has 72 heavy (non-hydrogen) atoms. The third-order valence-electron chi connectivity index (χ3n) is 14.8. The molecule has 424 valence electrons. The standard InChI is InChI=1S/C62H117NO9/c1-3-5-7-9-11-13-15-17-19-21-22-23-24-25-26-27-28-29-30-31-32-33-35-37-39-41-43-45-47-49-51-56(66)61(70)63-54(53-71-62-60(69)59(68)58(67)57(52-64)72-62)55(65)50-48-46-44-42-40-38-36-34-20-18-16-14-12-10-8-6-4-2/h22-23,25-26,48,50,54-60,62,64-69H,3-21,24,27-47,49,51-53H2,1-2H3,(H,63,70)/b23-22-,26-25-,50-48+. The zero-order valence-corrected chi connectivity index (χ0v) is 46.8. The molecule has 1 heterocycles. The summed E-state index contributed by atoms with van der Waals surface area (Å²) < 4.78 is 11.2. The fraction of sp³-hybridized carbons (Fsp3) is 0.887.